The third-order valence-corrected chi connectivity index (χ3v) is 4.20. The number of hydrogen-bond acceptors (Lipinski definition) is 2. The van der Waals surface area contributed by atoms with Crippen LogP contribution in [0.3, 0.4) is 0 Å². The van der Waals surface area contributed by atoms with E-state index in [9.17, 15) is 14.3 Å². The highest BCUT2D eigenvalue weighted by Crippen LogP contribution is 2.45. The van der Waals surface area contributed by atoms with Gasteiger partial charge in [-0.25, -0.2) is 0 Å². The monoisotopic (exact) mass is 226 g/mol. The first-order valence-corrected chi connectivity index (χ1v) is 5.96. The summed E-state index contributed by atoms with van der Waals surface area (Å²) in [6, 6.07) is 7.72. The van der Waals surface area contributed by atoms with Gasteiger partial charge in [-0.1, -0.05) is 24.3 Å². The van der Waals surface area contributed by atoms with Gasteiger partial charge < -0.3 is 10.00 Å². The molecule has 0 heterocycles. The molecule has 1 rings (SSSR count). The molecular formula is C10H11O4P. The van der Waals surface area contributed by atoms with E-state index in [0.717, 1.165) is 6.08 Å². The van der Waals surface area contributed by atoms with Crippen LogP contribution in [0.4, 0.5) is 0 Å². The third kappa shape index (κ3) is 2.35. The number of rotatable bonds is 4. The van der Waals surface area contributed by atoms with Crippen molar-refractivity contribution in [1.82, 2.24) is 0 Å². The Morgan fingerprint density at radius 3 is 2.33 bits per heavy atom. The summed E-state index contributed by atoms with van der Waals surface area (Å²) < 4.78 is 11.9. The van der Waals surface area contributed by atoms with Crippen molar-refractivity contribution in [2.45, 2.75) is 5.66 Å². The first kappa shape index (κ1) is 11.7. The standard InChI is InChI=1S/C10H11O4P/c1-2-9(10(11)12)15(13,14)8-6-4-3-5-7-8/h2-7,9H,1H2,(H,11,12)(H,13,14). The molecule has 1 aromatic rings. The van der Waals surface area contributed by atoms with E-state index in [1.807, 2.05) is 0 Å². The number of benzene rings is 1. The first-order valence-electron chi connectivity index (χ1n) is 4.23. The van der Waals surface area contributed by atoms with Crippen LogP contribution >= 0.6 is 7.37 Å². The third-order valence-electron chi connectivity index (χ3n) is 1.98. The van der Waals surface area contributed by atoms with Gasteiger partial charge in [-0.05, 0) is 12.1 Å². The van der Waals surface area contributed by atoms with Gasteiger partial charge >= 0.3 is 5.97 Å². The molecule has 0 amide bonds. The SMILES string of the molecule is C=CC(C(=O)O)P(=O)(O)c1ccccc1. The zero-order valence-electron chi connectivity index (χ0n) is 7.91. The van der Waals surface area contributed by atoms with Crippen molar-refractivity contribution in [2.24, 2.45) is 0 Å². The number of hydrogen-bond donors (Lipinski definition) is 2. The minimum absolute atomic E-state index is 0.123. The average Bonchev–Trinajstić information content (AvgIpc) is 2.19. The van der Waals surface area contributed by atoms with Gasteiger partial charge in [0.05, 0.1) is 0 Å². The lowest BCUT2D eigenvalue weighted by atomic mass is 10.4. The second-order valence-electron chi connectivity index (χ2n) is 2.98. The van der Waals surface area contributed by atoms with Crippen LogP contribution in [0.25, 0.3) is 0 Å². The number of carbonyl (C=O) groups is 1. The molecule has 0 aliphatic rings. The number of carboxylic acid groups (broad SMARTS) is 1. The molecule has 4 nitrogen and oxygen atoms in total. The maximum atomic E-state index is 11.9. The van der Waals surface area contributed by atoms with Crippen molar-refractivity contribution in [3.8, 4) is 0 Å². The van der Waals surface area contributed by atoms with Crippen molar-refractivity contribution in [2.75, 3.05) is 0 Å². The van der Waals surface area contributed by atoms with E-state index in [-0.39, 0.29) is 5.30 Å². The summed E-state index contributed by atoms with van der Waals surface area (Å²) in [5, 5.41) is 8.89. The zero-order chi connectivity index (χ0) is 11.5. The molecule has 2 atom stereocenters. The molecule has 0 aliphatic carbocycles. The molecule has 80 valence electrons. The number of aliphatic carboxylic acids is 1. The number of carboxylic acids is 1. The molecule has 0 fully saturated rings. The van der Waals surface area contributed by atoms with Crippen molar-refractivity contribution >= 4 is 18.6 Å². The topological polar surface area (TPSA) is 74.6 Å². The van der Waals surface area contributed by atoms with Gasteiger partial charge in [0, 0.05) is 5.30 Å². The second-order valence-corrected chi connectivity index (χ2v) is 5.30. The fourth-order valence-electron chi connectivity index (χ4n) is 1.20. The molecule has 0 saturated carbocycles. The summed E-state index contributed by atoms with van der Waals surface area (Å²) in [5.41, 5.74) is -1.46. The minimum Gasteiger partial charge on any atom is -0.480 e. The molecule has 2 N–H and O–H groups in total. The molecule has 1 aromatic carbocycles. The Kier molecular flexibility index (Phi) is 3.45. The Morgan fingerprint density at radius 2 is 1.93 bits per heavy atom. The smallest absolute Gasteiger partial charge is 0.320 e. The van der Waals surface area contributed by atoms with E-state index in [1.54, 1.807) is 18.2 Å². The van der Waals surface area contributed by atoms with E-state index in [4.69, 9.17) is 5.11 Å². The van der Waals surface area contributed by atoms with E-state index >= 15 is 0 Å². The normalized spacial score (nSPS) is 16.3. The quantitative estimate of drug-likeness (QED) is 0.598. The van der Waals surface area contributed by atoms with Crippen LogP contribution in [0, 0.1) is 0 Å². The summed E-state index contributed by atoms with van der Waals surface area (Å²) in [4.78, 5) is 20.5. The Hall–Kier alpha value is -1.38. The van der Waals surface area contributed by atoms with E-state index in [0.29, 0.717) is 0 Å². The molecule has 5 heteroatoms. The highest BCUT2D eigenvalue weighted by atomic mass is 31.2. The maximum absolute atomic E-state index is 11.9. The van der Waals surface area contributed by atoms with Crippen LogP contribution in [0.15, 0.2) is 43.0 Å². The van der Waals surface area contributed by atoms with Crippen molar-refractivity contribution in [3.05, 3.63) is 43.0 Å². The highest BCUT2D eigenvalue weighted by Gasteiger charge is 2.35. The Balaban J connectivity index is 3.17. The Morgan fingerprint density at radius 1 is 1.40 bits per heavy atom. The summed E-state index contributed by atoms with van der Waals surface area (Å²) in [6.07, 6.45) is 0.982. The molecule has 0 spiro atoms. The molecule has 15 heavy (non-hydrogen) atoms. The van der Waals surface area contributed by atoms with Gasteiger partial charge in [0.2, 0.25) is 7.37 Å². The van der Waals surface area contributed by atoms with Crippen LogP contribution in [0.2, 0.25) is 0 Å². The van der Waals surface area contributed by atoms with Crippen LogP contribution in [0.1, 0.15) is 0 Å². The Labute approximate surface area is 87.3 Å². The Bertz CT molecular complexity index is 413. The predicted octanol–water partition coefficient (Wildman–Crippen LogP) is 1.22. The van der Waals surface area contributed by atoms with E-state index in [2.05, 4.69) is 6.58 Å². The zero-order valence-corrected chi connectivity index (χ0v) is 8.80. The summed E-state index contributed by atoms with van der Waals surface area (Å²) in [6.45, 7) is 3.26. The van der Waals surface area contributed by atoms with Crippen molar-refractivity contribution < 1.29 is 19.4 Å². The van der Waals surface area contributed by atoms with Gasteiger partial charge in [-0.3, -0.25) is 9.36 Å². The molecule has 0 radical (unpaired) electrons. The van der Waals surface area contributed by atoms with E-state index < -0.39 is 19.0 Å². The lowest BCUT2D eigenvalue weighted by molar-refractivity contribution is -0.135. The van der Waals surface area contributed by atoms with Crippen LogP contribution in [-0.4, -0.2) is 21.6 Å². The lowest BCUT2D eigenvalue weighted by Crippen LogP contribution is -2.23. The molecule has 0 aromatic heterocycles. The van der Waals surface area contributed by atoms with Gasteiger partial charge in [-0.15, -0.1) is 6.58 Å². The van der Waals surface area contributed by atoms with Crippen molar-refractivity contribution in [3.63, 3.8) is 0 Å². The average molecular weight is 226 g/mol. The lowest BCUT2D eigenvalue weighted by Gasteiger charge is -2.16. The summed E-state index contributed by atoms with van der Waals surface area (Å²) in [5.74, 6) is -1.35. The predicted molar refractivity (Wildman–Crippen MR) is 57.5 cm³/mol. The van der Waals surface area contributed by atoms with Crippen LogP contribution in [0.5, 0.6) is 0 Å². The van der Waals surface area contributed by atoms with E-state index in [1.165, 1.54) is 12.1 Å². The summed E-state index contributed by atoms with van der Waals surface area (Å²) >= 11 is 0. The summed E-state index contributed by atoms with van der Waals surface area (Å²) in [7, 11) is -3.93. The molecule has 0 saturated heterocycles. The maximum Gasteiger partial charge on any atom is 0.320 e. The second kappa shape index (κ2) is 4.43. The molecule has 0 aliphatic heterocycles. The highest BCUT2D eigenvalue weighted by molar-refractivity contribution is 7.67. The van der Waals surface area contributed by atoms with Crippen LogP contribution in [-0.2, 0) is 9.36 Å². The largest absolute Gasteiger partial charge is 0.480 e. The molecule has 0 bridgehead atoms. The fourth-order valence-corrected chi connectivity index (χ4v) is 2.70. The van der Waals surface area contributed by atoms with Crippen LogP contribution < -0.4 is 5.30 Å². The molecule has 2 unspecified atom stereocenters. The van der Waals surface area contributed by atoms with Gasteiger partial charge in [-0.2, -0.15) is 0 Å². The first-order chi connectivity index (χ1) is 7.00. The van der Waals surface area contributed by atoms with Gasteiger partial charge in [0.1, 0.15) is 0 Å². The fraction of sp³-hybridized carbons (Fsp3) is 0.100. The van der Waals surface area contributed by atoms with Gasteiger partial charge in [0.25, 0.3) is 0 Å². The van der Waals surface area contributed by atoms with Crippen molar-refractivity contribution in [1.29, 1.82) is 0 Å². The molecular weight excluding hydrogens is 215 g/mol. The van der Waals surface area contributed by atoms with Gasteiger partial charge in [0.15, 0.2) is 5.66 Å². The minimum atomic E-state index is -3.93.